The van der Waals surface area contributed by atoms with E-state index < -0.39 is 75.6 Å². The molecule has 210 valence electrons. The summed E-state index contributed by atoms with van der Waals surface area (Å²) in [6, 6.07) is 10.3. The minimum atomic E-state index is -5.15. The fraction of sp³-hybridized carbons (Fsp3) is 0.185. The molecule has 0 spiro atoms. The molecule has 1 amide bonds. The van der Waals surface area contributed by atoms with Gasteiger partial charge in [-0.1, -0.05) is 36.4 Å². The minimum Gasteiger partial charge on any atom is -0.422 e. The highest BCUT2D eigenvalue weighted by Gasteiger charge is 2.38. The molecule has 0 N–H and O–H groups in total. The van der Waals surface area contributed by atoms with Crippen LogP contribution in [-0.2, 0) is 25.1 Å². The van der Waals surface area contributed by atoms with Crippen molar-refractivity contribution in [2.75, 3.05) is 7.05 Å². The van der Waals surface area contributed by atoms with Crippen LogP contribution in [0, 0.1) is 0 Å². The summed E-state index contributed by atoms with van der Waals surface area (Å²) < 4.78 is 127. The molecule has 1 heterocycles. The Labute approximate surface area is 219 Å². The first-order chi connectivity index (χ1) is 18.5. The maximum absolute atomic E-state index is 13.9. The van der Waals surface area contributed by atoms with Gasteiger partial charge in [-0.3, -0.25) is 4.79 Å². The number of rotatable bonds is 4. The Kier molecular flexibility index (Phi) is 7.20. The summed E-state index contributed by atoms with van der Waals surface area (Å²) in [7, 11) is 0.976. The normalized spacial score (nSPS) is 12.6. The van der Waals surface area contributed by atoms with Crippen LogP contribution in [0.5, 0.6) is 0 Å². The van der Waals surface area contributed by atoms with E-state index in [0.29, 0.717) is 17.0 Å². The van der Waals surface area contributed by atoms with Crippen LogP contribution in [0.2, 0.25) is 0 Å². The van der Waals surface area contributed by atoms with E-state index in [1.165, 1.54) is 30.3 Å². The number of amides is 1. The SMILES string of the molecule is CN(Cc1cc(C(F)(F)F)cc(C(F)(F)F)c1)C(=O)c1c(-c2ccccc2C(F)(F)F)c2ccccc2oc1=O. The van der Waals surface area contributed by atoms with E-state index in [0.717, 1.165) is 25.2 Å². The number of hydrogen-bond donors (Lipinski definition) is 0. The van der Waals surface area contributed by atoms with Crippen LogP contribution < -0.4 is 5.63 Å². The molecule has 0 atom stereocenters. The van der Waals surface area contributed by atoms with Gasteiger partial charge in [-0.05, 0) is 41.5 Å². The van der Waals surface area contributed by atoms with E-state index in [1.54, 1.807) is 0 Å². The van der Waals surface area contributed by atoms with Gasteiger partial charge in [-0.25, -0.2) is 4.79 Å². The molecule has 0 fully saturated rings. The monoisotopic (exact) mass is 573 g/mol. The van der Waals surface area contributed by atoms with Crippen LogP contribution in [0.25, 0.3) is 22.1 Å². The predicted octanol–water partition coefficient (Wildman–Crippen LogP) is 7.79. The topological polar surface area (TPSA) is 50.5 Å². The Balaban J connectivity index is 1.89. The molecule has 4 aromatic rings. The maximum atomic E-state index is 13.9. The molecule has 13 heteroatoms. The number of benzene rings is 3. The summed E-state index contributed by atoms with van der Waals surface area (Å²) in [4.78, 5) is 27.1. The number of nitrogens with zero attached hydrogens (tertiary/aromatic N) is 1. The van der Waals surface area contributed by atoms with E-state index >= 15 is 0 Å². The summed E-state index contributed by atoms with van der Waals surface area (Å²) >= 11 is 0. The van der Waals surface area contributed by atoms with Gasteiger partial charge in [-0.2, -0.15) is 39.5 Å². The average molecular weight is 573 g/mol. The molecule has 0 aliphatic carbocycles. The van der Waals surface area contributed by atoms with Gasteiger partial charge in [0.1, 0.15) is 11.1 Å². The zero-order chi connectivity index (χ0) is 29.6. The van der Waals surface area contributed by atoms with Gasteiger partial charge in [0, 0.05) is 24.5 Å². The number of para-hydroxylation sites is 1. The van der Waals surface area contributed by atoms with Crippen LogP contribution in [0.4, 0.5) is 39.5 Å². The molecule has 0 unspecified atom stereocenters. The fourth-order valence-corrected chi connectivity index (χ4v) is 4.22. The van der Waals surface area contributed by atoms with E-state index in [4.69, 9.17) is 4.42 Å². The lowest BCUT2D eigenvalue weighted by atomic mass is 9.92. The van der Waals surface area contributed by atoms with E-state index in [2.05, 4.69) is 0 Å². The van der Waals surface area contributed by atoms with Crippen LogP contribution >= 0.6 is 0 Å². The lowest BCUT2D eigenvalue weighted by Gasteiger charge is -2.22. The first-order valence-corrected chi connectivity index (χ1v) is 11.2. The zero-order valence-corrected chi connectivity index (χ0v) is 20.1. The van der Waals surface area contributed by atoms with Gasteiger partial charge in [0.15, 0.2) is 0 Å². The van der Waals surface area contributed by atoms with Crippen molar-refractivity contribution in [3.63, 3.8) is 0 Å². The lowest BCUT2D eigenvalue weighted by Crippen LogP contribution is -2.31. The van der Waals surface area contributed by atoms with Gasteiger partial charge in [0.2, 0.25) is 0 Å². The molecule has 3 aromatic carbocycles. The summed E-state index contributed by atoms with van der Waals surface area (Å²) in [5.41, 5.74) is -8.37. The third-order valence-corrected chi connectivity index (χ3v) is 5.94. The number of carbonyl (C=O) groups is 1. The first-order valence-electron chi connectivity index (χ1n) is 11.2. The molecule has 0 bridgehead atoms. The van der Waals surface area contributed by atoms with Gasteiger partial charge in [0.25, 0.3) is 5.91 Å². The standard InChI is InChI=1S/C27H16F9NO3/c1-37(13-14-10-15(25(28,29)30)12-16(11-14)26(31,32)33)23(38)22-21(17-6-2-4-8-19(17)27(34,35)36)18-7-3-5-9-20(18)40-24(22)39/h2-12H,13H2,1H3. The number of fused-ring (bicyclic) bond motifs is 1. The molecule has 0 aliphatic heterocycles. The van der Waals surface area contributed by atoms with E-state index in [-0.39, 0.29) is 17.0 Å². The van der Waals surface area contributed by atoms with E-state index in [1.807, 2.05) is 0 Å². The van der Waals surface area contributed by atoms with Crippen molar-refractivity contribution in [1.82, 2.24) is 4.90 Å². The first kappa shape index (κ1) is 28.7. The number of carbonyl (C=O) groups excluding carboxylic acids is 1. The fourth-order valence-electron chi connectivity index (χ4n) is 4.22. The molecule has 1 aromatic heterocycles. The van der Waals surface area contributed by atoms with Crippen molar-refractivity contribution in [3.05, 3.63) is 105 Å². The number of hydrogen-bond acceptors (Lipinski definition) is 3. The van der Waals surface area contributed by atoms with Crippen molar-refractivity contribution >= 4 is 16.9 Å². The van der Waals surface area contributed by atoms with Gasteiger partial charge < -0.3 is 9.32 Å². The second-order valence-corrected chi connectivity index (χ2v) is 8.75. The number of halogens is 9. The molecule has 0 saturated heterocycles. The smallest absolute Gasteiger partial charge is 0.417 e. The quantitative estimate of drug-likeness (QED) is 0.185. The molecule has 40 heavy (non-hydrogen) atoms. The molecular weight excluding hydrogens is 557 g/mol. The molecule has 0 radical (unpaired) electrons. The largest absolute Gasteiger partial charge is 0.422 e. The molecule has 0 saturated carbocycles. The zero-order valence-electron chi connectivity index (χ0n) is 20.1. The predicted molar refractivity (Wildman–Crippen MR) is 125 cm³/mol. The highest BCUT2D eigenvalue weighted by atomic mass is 19.4. The highest BCUT2D eigenvalue weighted by Crippen LogP contribution is 2.41. The Hall–Kier alpha value is -4.29. The maximum Gasteiger partial charge on any atom is 0.417 e. The Bertz CT molecular complexity index is 1620. The Morgan fingerprint density at radius 1 is 0.775 bits per heavy atom. The second kappa shape index (κ2) is 10.0. The van der Waals surface area contributed by atoms with Crippen LogP contribution in [0.15, 0.2) is 75.9 Å². The third-order valence-electron chi connectivity index (χ3n) is 5.94. The van der Waals surface area contributed by atoms with Gasteiger partial charge in [0.05, 0.1) is 16.7 Å². The summed E-state index contributed by atoms with van der Waals surface area (Å²) in [5, 5.41) is -0.0472. The van der Waals surface area contributed by atoms with Crippen molar-refractivity contribution in [2.24, 2.45) is 0 Å². The minimum absolute atomic E-state index is 0.0472. The Morgan fingerprint density at radius 2 is 1.32 bits per heavy atom. The molecule has 4 nitrogen and oxygen atoms in total. The van der Waals surface area contributed by atoms with Crippen LogP contribution in [0.3, 0.4) is 0 Å². The van der Waals surface area contributed by atoms with Gasteiger partial charge in [-0.15, -0.1) is 0 Å². The summed E-state index contributed by atoms with van der Waals surface area (Å²) in [5.74, 6) is -1.28. The molecule has 0 aliphatic rings. The van der Waals surface area contributed by atoms with Crippen molar-refractivity contribution in [2.45, 2.75) is 25.1 Å². The van der Waals surface area contributed by atoms with Crippen LogP contribution in [0.1, 0.15) is 32.6 Å². The number of alkyl halides is 9. The van der Waals surface area contributed by atoms with Crippen LogP contribution in [-0.4, -0.2) is 17.9 Å². The molecule has 4 rings (SSSR count). The molecular formula is C27H16F9NO3. The van der Waals surface area contributed by atoms with Crippen molar-refractivity contribution in [3.8, 4) is 11.1 Å². The average Bonchev–Trinajstić information content (AvgIpc) is 2.85. The lowest BCUT2D eigenvalue weighted by molar-refractivity contribution is -0.143. The second-order valence-electron chi connectivity index (χ2n) is 8.75. The van der Waals surface area contributed by atoms with E-state index in [9.17, 15) is 49.1 Å². The van der Waals surface area contributed by atoms with Crippen molar-refractivity contribution < 1.29 is 48.7 Å². The van der Waals surface area contributed by atoms with Crippen molar-refractivity contribution in [1.29, 1.82) is 0 Å². The van der Waals surface area contributed by atoms with Gasteiger partial charge >= 0.3 is 24.2 Å². The highest BCUT2D eigenvalue weighted by molar-refractivity contribution is 6.08. The summed E-state index contributed by atoms with van der Waals surface area (Å²) in [6.07, 6.45) is -15.2. The third kappa shape index (κ3) is 5.68. The Morgan fingerprint density at radius 3 is 1.90 bits per heavy atom. The summed E-state index contributed by atoms with van der Waals surface area (Å²) in [6.45, 7) is -0.849.